The summed E-state index contributed by atoms with van der Waals surface area (Å²) in [5.41, 5.74) is 1.03. The van der Waals surface area contributed by atoms with Gasteiger partial charge in [-0.3, -0.25) is 14.5 Å². The number of carboxylic acid groups (broad SMARTS) is 1. The minimum Gasteiger partial charge on any atom is -0.480 e. The number of carbonyl (C=O) groups is 2. The van der Waals surface area contributed by atoms with Crippen LogP contribution in [0.4, 0.5) is 5.69 Å². The average molecular weight is 286 g/mol. The van der Waals surface area contributed by atoms with Gasteiger partial charge in [0, 0.05) is 11.1 Å². The molecule has 20 heavy (non-hydrogen) atoms. The lowest BCUT2D eigenvalue weighted by Gasteiger charge is -2.20. The van der Waals surface area contributed by atoms with Crippen LogP contribution in [0.15, 0.2) is 52.5 Å². The van der Waals surface area contributed by atoms with Crippen LogP contribution in [0, 0.1) is 0 Å². The van der Waals surface area contributed by atoms with Crippen LogP contribution >= 0.6 is 11.8 Å². The van der Waals surface area contributed by atoms with Crippen molar-refractivity contribution in [3.63, 3.8) is 0 Å². The van der Waals surface area contributed by atoms with Gasteiger partial charge < -0.3 is 5.11 Å². The Hall–Kier alpha value is -2.34. The second-order valence-electron chi connectivity index (χ2n) is 4.21. The third kappa shape index (κ3) is 2.14. The highest BCUT2D eigenvalue weighted by molar-refractivity contribution is 7.99. The zero-order chi connectivity index (χ0) is 14.1. The number of hydrogen-bond acceptors (Lipinski definition) is 4. The van der Waals surface area contributed by atoms with Crippen LogP contribution in [0.5, 0.6) is 0 Å². The maximum atomic E-state index is 12.6. The van der Waals surface area contributed by atoms with E-state index in [2.05, 4.69) is 4.98 Å². The van der Waals surface area contributed by atoms with E-state index in [9.17, 15) is 9.59 Å². The standard InChI is InChI=1S/C14H10N2O3S/c17-12(18)8-16-10-5-3-7-15-13(10)20-11-6-2-1-4-9(11)14(16)19/h1-7H,8H2,(H,17,18). The number of carboxylic acids is 1. The molecule has 0 saturated carbocycles. The highest BCUT2D eigenvalue weighted by Gasteiger charge is 2.28. The molecule has 2 aromatic rings. The van der Waals surface area contributed by atoms with Crippen molar-refractivity contribution in [2.75, 3.05) is 11.4 Å². The molecule has 1 aliphatic heterocycles. The minimum atomic E-state index is -1.06. The predicted molar refractivity (Wildman–Crippen MR) is 74.1 cm³/mol. The van der Waals surface area contributed by atoms with E-state index < -0.39 is 5.97 Å². The topological polar surface area (TPSA) is 70.5 Å². The zero-order valence-electron chi connectivity index (χ0n) is 10.3. The summed E-state index contributed by atoms with van der Waals surface area (Å²) in [7, 11) is 0. The summed E-state index contributed by atoms with van der Waals surface area (Å²) in [6.07, 6.45) is 1.63. The molecule has 0 radical (unpaired) electrons. The minimum absolute atomic E-state index is 0.317. The van der Waals surface area contributed by atoms with Gasteiger partial charge in [-0.2, -0.15) is 0 Å². The van der Waals surface area contributed by atoms with Crippen LogP contribution in [0.2, 0.25) is 0 Å². The Labute approximate surface area is 119 Å². The molecule has 100 valence electrons. The molecular weight excluding hydrogens is 276 g/mol. The van der Waals surface area contributed by atoms with Crippen LogP contribution < -0.4 is 4.90 Å². The monoisotopic (exact) mass is 286 g/mol. The van der Waals surface area contributed by atoms with Gasteiger partial charge in [0.15, 0.2) is 0 Å². The molecule has 1 N–H and O–H groups in total. The van der Waals surface area contributed by atoms with Crippen LogP contribution in [0.3, 0.4) is 0 Å². The maximum absolute atomic E-state index is 12.6. The maximum Gasteiger partial charge on any atom is 0.323 e. The largest absolute Gasteiger partial charge is 0.480 e. The van der Waals surface area contributed by atoms with E-state index in [1.165, 1.54) is 16.7 Å². The summed E-state index contributed by atoms with van der Waals surface area (Å²) in [5.74, 6) is -1.38. The summed E-state index contributed by atoms with van der Waals surface area (Å²) in [5, 5.41) is 9.66. The van der Waals surface area contributed by atoms with Crippen molar-refractivity contribution < 1.29 is 14.7 Å². The SMILES string of the molecule is O=C(O)CN1C(=O)c2ccccc2Sc2ncccc21. The van der Waals surface area contributed by atoms with Crippen LogP contribution in [-0.4, -0.2) is 28.5 Å². The molecule has 5 nitrogen and oxygen atoms in total. The fourth-order valence-electron chi connectivity index (χ4n) is 2.05. The fraction of sp³-hybridized carbons (Fsp3) is 0.0714. The molecule has 6 heteroatoms. The third-order valence-corrected chi connectivity index (χ3v) is 3.99. The molecule has 3 rings (SSSR count). The lowest BCUT2D eigenvalue weighted by molar-refractivity contribution is -0.135. The van der Waals surface area contributed by atoms with Crippen molar-refractivity contribution in [2.24, 2.45) is 0 Å². The Morgan fingerprint density at radius 1 is 1.25 bits per heavy atom. The molecule has 2 heterocycles. The number of benzene rings is 1. The van der Waals surface area contributed by atoms with E-state index >= 15 is 0 Å². The smallest absolute Gasteiger partial charge is 0.323 e. The predicted octanol–water partition coefficient (Wildman–Crippen LogP) is 2.28. The lowest BCUT2D eigenvalue weighted by Crippen LogP contribution is -2.35. The first-order valence-corrected chi connectivity index (χ1v) is 6.74. The van der Waals surface area contributed by atoms with E-state index in [0.29, 0.717) is 16.3 Å². The number of rotatable bonds is 2. The van der Waals surface area contributed by atoms with Gasteiger partial charge in [-0.05, 0) is 24.3 Å². The van der Waals surface area contributed by atoms with E-state index in [-0.39, 0.29) is 12.5 Å². The van der Waals surface area contributed by atoms with Crippen LogP contribution in [0.1, 0.15) is 10.4 Å². The number of anilines is 1. The number of amides is 1. The second-order valence-corrected chi connectivity index (χ2v) is 5.24. The Bertz CT molecular complexity index is 702. The summed E-state index contributed by atoms with van der Waals surface area (Å²) >= 11 is 1.37. The van der Waals surface area contributed by atoms with Gasteiger partial charge in [-0.15, -0.1) is 0 Å². The molecule has 0 atom stereocenters. The Kier molecular flexibility index (Phi) is 3.15. The van der Waals surface area contributed by atoms with Crippen molar-refractivity contribution in [3.05, 3.63) is 48.2 Å². The number of aliphatic carboxylic acids is 1. The molecule has 0 fully saturated rings. The van der Waals surface area contributed by atoms with Crippen molar-refractivity contribution in [2.45, 2.75) is 9.92 Å². The number of carbonyl (C=O) groups excluding carboxylic acids is 1. The molecule has 1 aliphatic rings. The number of fused-ring (bicyclic) bond motifs is 2. The first-order valence-electron chi connectivity index (χ1n) is 5.92. The van der Waals surface area contributed by atoms with Gasteiger partial charge in [0.2, 0.25) is 0 Å². The van der Waals surface area contributed by atoms with Gasteiger partial charge in [0.1, 0.15) is 11.6 Å². The lowest BCUT2D eigenvalue weighted by atomic mass is 10.2. The molecule has 1 aromatic heterocycles. The zero-order valence-corrected chi connectivity index (χ0v) is 11.1. The first-order chi connectivity index (χ1) is 9.66. The Morgan fingerprint density at radius 3 is 2.85 bits per heavy atom. The van der Waals surface area contributed by atoms with E-state index in [4.69, 9.17) is 5.11 Å². The first kappa shape index (κ1) is 12.7. The Balaban J connectivity index is 2.19. The number of hydrogen-bond donors (Lipinski definition) is 1. The van der Waals surface area contributed by atoms with E-state index in [1.54, 1.807) is 30.5 Å². The highest BCUT2D eigenvalue weighted by atomic mass is 32.2. The van der Waals surface area contributed by atoms with Crippen LogP contribution in [-0.2, 0) is 4.79 Å². The quantitative estimate of drug-likeness (QED) is 0.917. The third-order valence-electron chi connectivity index (χ3n) is 2.90. The number of nitrogens with zero attached hydrogens (tertiary/aromatic N) is 2. The summed E-state index contributed by atoms with van der Waals surface area (Å²) in [4.78, 5) is 29.9. The van der Waals surface area contributed by atoms with Crippen LogP contribution in [0.25, 0.3) is 0 Å². The van der Waals surface area contributed by atoms with Crippen molar-refractivity contribution >= 4 is 29.3 Å². The Morgan fingerprint density at radius 2 is 2.05 bits per heavy atom. The molecule has 0 unspecified atom stereocenters. The number of pyridine rings is 1. The number of aromatic nitrogens is 1. The van der Waals surface area contributed by atoms with E-state index in [1.807, 2.05) is 12.1 Å². The van der Waals surface area contributed by atoms with Crippen molar-refractivity contribution in [3.8, 4) is 0 Å². The summed E-state index contributed by atoms with van der Waals surface area (Å²) in [6.45, 7) is -0.383. The molecular formula is C14H10N2O3S. The normalized spacial score (nSPS) is 13.4. The molecule has 0 saturated heterocycles. The van der Waals surface area contributed by atoms with Crippen molar-refractivity contribution in [1.29, 1.82) is 0 Å². The highest BCUT2D eigenvalue weighted by Crippen LogP contribution is 2.39. The van der Waals surface area contributed by atoms with Gasteiger partial charge in [0.05, 0.1) is 11.3 Å². The molecule has 0 bridgehead atoms. The summed E-state index contributed by atoms with van der Waals surface area (Å²) in [6, 6.07) is 10.5. The summed E-state index contributed by atoms with van der Waals surface area (Å²) < 4.78 is 0. The fourth-order valence-corrected chi connectivity index (χ4v) is 3.07. The van der Waals surface area contributed by atoms with E-state index in [0.717, 1.165) is 4.90 Å². The molecule has 1 amide bonds. The van der Waals surface area contributed by atoms with Gasteiger partial charge in [0.25, 0.3) is 5.91 Å². The average Bonchev–Trinajstić information content (AvgIpc) is 2.55. The van der Waals surface area contributed by atoms with Gasteiger partial charge >= 0.3 is 5.97 Å². The second kappa shape index (κ2) is 4.97. The van der Waals surface area contributed by atoms with Gasteiger partial charge in [-0.1, -0.05) is 23.9 Å². The molecule has 1 aromatic carbocycles. The molecule has 0 aliphatic carbocycles. The molecule has 0 spiro atoms. The van der Waals surface area contributed by atoms with Crippen molar-refractivity contribution in [1.82, 2.24) is 4.98 Å². The van der Waals surface area contributed by atoms with Gasteiger partial charge in [-0.25, -0.2) is 4.98 Å².